The van der Waals surface area contributed by atoms with Crippen molar-refractivity contribution in [2.45, 2.75) is 64.0 Å². The van der Waals surface area contributed by atoms with Crippen molar-refractivity contribution in [3.63, 3.8) is 0 Å². The van der Waals surface area contributed by atoms with Crippen molar-refractivity contribution >= 4 is 27.2 Å². The summed E-state index contributed by atoms with van der Waals surface area (Å²) in [6.07, 6.45) is 1.54. The Hall–Kier alpha value is -3.89. The number of hydrogen-bond acceptors (Lipinski definition) is 6. The number of aromatic nitrogens is 2. The summed E-state index contributed by atoms with van der Waals surface area (Å²) in [6.45, 7) is 7.83. The van der Waals surface area contributed by atoms with E-state index in [4.69, 9.17) is 9.47 Å². The first-order valence-corrected chi connectivity index (χ1v) is 15.0. The van der Waals surface area contributed by atoms with Crippen LogP contribution in [0.25, 0.3) is 22.2 Å². The average Bonchev–Trinajstić information content (AvgIpc) is 3.17. The van der Waals surface area contributed by atoms with Gasteiger partial charge in [-0.2, -0.15) is 0 Å². The number of imidazole rings is 1. The van der Waals surface area contributed by atoms with Crippen LogP contribution >= 0.6 is 0 Å². The number of benzene rings is 3. The molecule has 4 aromatic rings. The van der Waals surface area contributed by atoms with Crippen molar-refractivity contribution in [1.82, 2.24) is 8.87 Å². The molecule has 0 aliphatic rings. The van der Waals surface area contributed by atoms with Crippen LogP contribution in [0.15, 0.2) is 71.6 Å². The van der Waals surface area contributed by atoms with E-state index < -0.39 is 21.8 Å². The highest BCUT2D eigenvalue weighted by molar-refractivity contribution is 7.89. The molecule has 0 saturated heterocycles. The lowest BCUT2D eigenvalue weighted by molar-refractivity contribution is -0.587. The normalized spacial score (nSPS) is 12.2. The fourth-order valence-electron chi connectivity index (χ4n) is 4.53. The van der Waals surface area contributed by atoms with E-state index in [1.807, 2.05) is 41.0 Å². The van der Waals surface area contributed by atoms with Crippen molar-refractivity contribution < 1.29 is 27.4 Å². The van der Waals surface area contributed by atoms with Gasteiger partial charge in [0, 0.05) is 32.1 Å². The van der Waals surface area contributed by atoms with Gasteiger partial charge in [-0.05, 0) is 56.5 Å². The van der Waals surface area contributed by atoms with Gasteiger partial charge in [0.25, 0.3) is 5.82 Å². The Labute approximate surface area is 241 Å². The van der Waals surface area contributed by atoms with Crippen molar-refractivity contribution in [2.75, 3.05) is 14.1 Å². The summed E-state index contributed by atoms with van der Waals surface area (Å²) in [5, 5.41) is 13.4. The van der Waals surface area contributed by atoms with Crippen LogP contribution < -0.4 is 9.47 Å². The molecule has 0 aliphatic carbocycles. The highest BCUT2D eigenvalue weighted by Gasteiger charge is 2.25. The topological polar surface area (TPSA) is 105 Å². The number of rotatable bonds is 9. The molecule has 218 valence electrons. The summed E-state index contributed by atoms with van der Waals surface area (Å²) >= 11 is 0. The average molecular weight is 580 g/mol. The Balaban J connectivity index is 1.67. The maximum atomic E-state index is 13.4. The molecule has 0 spiro atoms. The number of ether oxygens (including phenoxy) is 2. The second-order valence-electron chi connectivity index (χ2n) is 11.1. The molecule has 4 rings (SSSR count). The molecule has 1 heterocycles. The summed E-state index contributed by atoms with van der Waals surface area (Å²) < 4.78 is 40.2. The Kier molecular flexibility index (Phi) is 8.74. The molecule has 0 aliphatic heterocycles. The predicted octanol–water partition coefficient (Wildman–Crippen LogP) is 5.90. The van der Waals surface area contributed by atoms with Crippen LogP contribution in [0.1, 0.15) is 51.9 Å². The summed E-state index contributed by atoms with van der Waals surface area (Å²) in [6, 6.07) is 19.8. The fourth-order valence-corrected chi connectivity index (χ4v) is 5.45. The summed E-state index contributed by atoms with van der Waals surface area (Å²) in [4.78, 5) is 12.4. The van der Waals surface area contributed by atoms with Crippen LogP contribution in [0.4, 0.5) is 4.79 Å². The van der Waals surface area contributed by atoms with E-state index in [2.05, 4.69) is 6.92 Å². The molecular weight excluding hydrogens is 542 g/mol. The van der Waals surface area contributed by atoms with E-state index in [1.54, 1.807) is 45.0 Å². The van der Waals surface area contributed by atoms with Gasteiger partial charge in [0.1, 0.15) is 17.9 Å². The first-order valence-electron chi connectivity index (χ1n) is 13.6. The molecule has 0 amide bonds. The summed E-state index contributed by atoms with van der Waals surface area (Å²) in [5.41, 5.74) is 2.88. The van der Waals surface area contributed by atoms with Crippen LogP contribution in [0.3, 0.4) is 0 Å². The first-order chi connectivity index (χ1) is 19.3. The van der Waals surface area contributed by atoms with Gasteiger partial charge < -0.3 is 14.7 Å². The van der Waals surface area contributed by atoms with Gasteiger partial charge in [0.15, 0.2) is 11.0 Å². The minimum absolute atomic E-state index is 0.0791. The molecular formula is C31H37N3O6S. The van der Waals surface area contributed by atoms with Gasteiger partial charge in [-0.15, -0.1) is 0 Å². The lowest BCUT2D eigenvalue weighted by Crippen LogP contribution is -2.31. The Morgan fingerprint density at radius 1 is 1.02 bits per heavy atom. The summed E-state index contributed by atoms with van der Waals surface area (Å²) in [5.74, 6) is 0.977. The van der Waals surface area contributed by atoms with Gasteiger partial charge in [-0.25, -0.2) is 26.8 Å². The number of carbonyl (C=O) groups excluding carboxylic acids is 1. The van der Waals surface area contributed by atoms with Crippen LogP contribution in [-0.2, 0) is 27.7 Å². The number of para-hydroxylation sites is 1. The molecule has 0 radical (unpaired) electrons. The maximum Gasteiger partial charge on any atom is 0.514 e. The largest absolute Gasteiger partial charge is 0.710 e. The highest BCUT2D eigenvalue weighted by atomic mass is 32.2. The number of fused-ring (bicyclic) bond motifs is 1. The molecule has 0 bridgehead atoms. The van der Waals surface area contributed by atoms with Crippen LogP contribution in [0.5, 0.6) is 5.75 Å². The minimum Gasteiger partial charge on any atom is -0.710 e. The molecule has 41 heavy (non-hydrogen) atoms. The standard InChI is InChI=1S/C31H37N3O6S/c1-7-8-13-29-33(26-19-18-24(20-27(26)34(29)36)41(37,38)32(5)6)21-22-14-16-23(17-15-22)25-11-9-10-12-28(25)39-30(35)40-31(2,3)4/h9-12,14-20H,7-8,13,21H2,1-6H3. The second kappa shape index (κ2) is 11.9. The predicted molar refractivity (Wildman–Crippen MR) is 158 cm³/mol. The zero-order chi connectivity index (χ0) is 29.9. The SMILES string of the molecule is CCCCc1n(Cc2ccc(-c3ccccc3OC(=O)OC(C)(C)C)cc2)c2ccc(S(=O)(=O)N(C)C)cc2[n+]1[O-]. The van der Waals surface area contributed by atoms with E-state index in [0.29, 0.717) is 35.6 Å². The van der Waals surface area contributed by atoms with Crippen molar-refractivity contribution in [3.8, 4) is 16.9 Å². The molecule has 10 heteroatoms. The van der Waals surface area contributed by atoms with Crippen LogP contribution in [-0.4, -0.2) is 43.1 Å². The van der Waals surface area contributed by atoms with Gasteiger partial charge in [-0.3, -0.25) is 0 Å². The lowest BCUT2D eigenvalue weighted by atomic mass is 10.0. The smallest absolute Gasteiger partial charge is 0.514 e. The third-order valence-electron chi connectivity index (χ3n) is 6.61. The maximum absolute atomic E-state index is 13.4. The quantitative estimate of drug-likeness (QED) is 0.106. The zero-order valence-electron chi connectivity index (χ0n) is 24.4. The fraction of sp³-hybridized carbons (Fsp3) is 0.355. The number of unbranched alkanes of at least 4 members (excludes halogenated alkanes) is 1. The van der Waals surface area contributed by atoms with E-state index in [0.717, 1.165) is 38.6 Å². The third kappa shape index (κ3) is 6.71. The molecule has 1 aromatic heterocycles. The van der Waals surface area contributed by atoms with Crippen molar-refractivity contribution in [1.29, 1.82) is 0 Å². The molecule has 0 saturated carbocycles. The summed E-state index contributed by atoms with van der Waals surface area (Å²) in [7, 11) is -0.750. The van der Waals surface area contributed by atoms with Crippen molar-refractivity contribution in [2.24, 2.45) is 0 Å². The number of nitrogens with zero attached hydrogens (tertiary/aromatic N) is 3. The molecule has 3 aromatic carbocycles. The van der Waals surface area contributed by atoms with Gasteiger partial charge in [0.05, 0.1) is 4.90 Å². The number of sulfonamides is 1. The monoisotopic (exact) mass is 579 g/mol. The molecule has 0 N–H and O–H groups in total. The molecule has 0 fully saturated rings. The number of hydrogen-bond donors (Lipinski definition) is 0. The van der Waals surface area contributed by atoms with E-state index in [-0.39, 0.29) is 4.90 Å². The Morgan fingerprint density at radius 3 is 2.34 bits per heavy atom. The Morgan fingerprint density at radius 2 is 1.71 bits per heavy atom. The lowest BCUT2D eigenvalue weighted by Gasteiger charge is -2.19. The third-order valence-corrected chi connectivity index (χ3v) is 8.42. The minimum atomic E-state index is -3.68. The molecule has 9 nitrogen and oxygen atoms in total. The second-order valence-corrected chi connectivity index (χ2v) is 13.2. The van der Waals surface area contributed by atoms with E-state index in [1.165, 1.54) is 20.2 Å². The first kappa shape index (κ1) is 30.1. The van der Waals surface area contributed by atoms with Gasteiger partial charge in [-0.1, -0.05) is 55.8 Å². The zero-order valence-corrected chi connectivity index (χ0v) is 25.2. The molecule has 0 unspecified atom stereocenters. The highest BCUT2D eigenvalue weighted by Crippen LogP contribution is 2.31. The van der Waals surface area contributed by atoms with Crippen molar-refractivity contribution in [3.05, 3.63) is 83.3 Å². The van der Waals surface area contributed by atoms with Gasteiger partial charge in [0.2, 0.25) is 10.0 Å². The van der Waals surface area contributed by atoms with Gasteiger partial charge >= 0.3 is 6.16 Å². The Bertz CT molecular complexity index is 1650. The van der Waals surface area contributed by atoms with E-state index >= 15 is 0 Å². The number of carbonyl (C=O) groups is 1. The van der Waals surface area contributed by atoms with E-state index in [9.17, 15) is 18.4 Å². The van der Waals surface area contributed by atoms with Crippen LogP contribution in [0, 0.1) is 5.21 Å². The molecule has 0 atom stereocenters. The van der Waals surface area contributed by atoms with Crippen LogP contribution in [0.2, 0.25) is 0 Å².